The normalized spacial score (nSPS) is 17.2. The Balaban J connectivity index is 2.10. The summed E-state index contributed by atoms with van der Waals surface area (Å²) >= 11 is 1.38. The largest absolute Gasteiger partial charge is 0.476 e. The summed E-state index contributed by atoms with van der Waals surface area (Å²) in [4.78, 5) is 13.1. The topological polar surface area (TPSA) is 49.8 Å². The summed E-state index contributed by atoms with van der Waals surface area (Å²) < 4.78 is 18.1. The number of ether oxygens (including phenoxy) is 1. The maximum Gasteiger partial charge on any atom is 0.364 e. The molecule has 1 fully saturated rings. The Hall–Kier alpha value is -1.40. The van der Waals surface area contributed by atoms with Crippen LogP contribution in [0, 0.1) is 0 Å². The fraction of sp³-hybridized carbons (Fsp3) is 0.364. The Morgan fingerprint density at radius 2 is 2.18 bits per heavy atom. The summed E-state index contributed by atoms with van der Waals surface area (Å²) in [5, 5.41) is 9.45. The zero-order valence-electron chi connectivity index (χ0n) is 9.06. The minimum absolute atomic E-state index is 0.603. The molecule has 0 aromatic carbocycles. The van der Waals surface area contributed by atoms with E-state index in [0.29, 0.717) is 18.1 Å². The molecule has 2 heterocycles. The van der Waals surface area contributed by atoms with Crippen molar-refractivity contribution in [3.05, 3.63) is 22.8 Å². The van der Waals surface area contributed by atoms with Gasteiger partial charge < -0.3 is 14.7 Å². The summed E-state index contributed by atoms with van der Waals surface area (Å²) in [6, 6.07) is 3.59. The van der Waals surface area contributed by atoms with Crippen LogP contribution in [0.15, 0.2) is 18.0 Å². The van der Waals surface area contributed by atoms with Crippen LogP contribution in [0.3, 0.4) is 0 Å². The predicted molar refractivity (Wildman–Crippen MR) is 64.1 cm³/mol. The molecule has 0 aliphatic carbocycles. The van der Waals surface area contributed by atoms with E-state index in [1.165, 1.54) is 11.3 Å². The number of anilines is 1. The molecule has 0 radical (unpaired) electrons. The molecule has 92 valence electrons. The number of thiophene rings is 1. The van der Waals surface area contributed by atoms with Crippen LogP contribution >= 0.6 is 11.3 Å². The van der Waals surface area contributed by atoms with Gasteiger partial charge in [-0.1, -0.05) is 0 Å². The van der Waals surface area contributed by atoms with Gasteiger partial charge in [0.1, 0.15) is 0 Å². The number of hydrogen-bond acceptors (Lipinski definition) is 4. The second kappa shape index (κ2) is 5.29. The fourth-order valence-electron chi connectivity index (χ4n) is 1.56. The Morgan fingerprint density at radius 3 is 2.82 bits per heavy atom. The van der Waals surface area contributed by atoms with Gasteiger partial charge in [0.05, 0.1) is 18.2 Å². The van der Waals surface area contributed by atoms with Crippen molar-refractivity contribution in [1.82, 2.24) is 0 Å². The van der Waals surface area contributed by atoms with Crippen LogP contribution in [0.5, 0.6) is 0 Å². The monoisotopic (exact) mass is 257 g/mol. The fourth-order valence-corrected chi connectivity index (χ4v) is 2.55. The third-order valence-electron chi connectivity index (χ3n) is 2.41. The first-order chi connectivity index (χ1) is 8.16. The second-order valence-electron chi connectivity index (χ2n) is 3.57. The molecule has 1 N–H and O–H groups in total. The number of rotatable bonds is 3. The van der Waals surface area contributed by atoms with E-state index in [0.717, 1.165) is 24.2 Å². The highest BCUT2D eigenvalue weighted by atomic mass is 32.1. The highest BCUT2D eigenvalue weighted by molar-refractivity contribution is 7.16. The zero-order valence-corrected chi connectivity index (χ0v) is 9.87. The summed E-state index contributed by atoms with van der Waals surface area (Å²) in [5.41, 5.74) is 0. The van der Waals surface area contributed by atoms with Gasteiger partial charge in [-0.3, -0.25) is 0 Å². The second-order valence-corrected chi connectivity index (χ2v) is 4.67. The van der Waals surface area contributed by atoms with Crippen LogP contribution in [0.4, 0.5) is 9.39 Å². The van der Waals surface area contributed by atoms with Gasteiger partial charge in [0.15, 0.2) is 0 Å². The van der Waals surface area contributed by atoms with Gasteiger partial charge in [0, 0.05) is 18.0 Å². The summed E-state index contributed by atoms with van der Waals surface area (Å²) in [6.07, 6.45) is 1.04. The smallest absolute Gasteiger partial charge is 0.364 e. The third kappa shape index (κ3) is 3.04. The molecule has 4 nitrogen and oxygen atoms in total. The SMILES string of the molecule is O=C(O)C(F)=Cc1ccc(N2CCOCC2)s1. The van der Waals surface area contributed by atoms with Gasteiger partial charge in [0.25, 0.3) is 0 Å². The summed E-state index contributed by atoms with van der Waals surface area (Å²) in [7, 11) is 0. The lowest BCUT2D eigenvalue weighted by Crippen LogP contribution is -2.35. The molecule has 0 amide bonds. The Labute approximate surface area is 102 Å². The van der Waals surface area contributed by atoms with Crippen molar-refractivity contribution < 1.29 is 19.0 Å². The number of carboxylic acid groups (broad SMARTS) is 1. The van der Waals surface area contributed by atoms with Crippen LogP contribution in [-0.4, -0.2) is 37.4 Å². The maximum absolute atomic E-state index is 12.9. The number of nitrogens with zero attached hydrogens (tertiary/aromatic N) is 1. The average molecular weight is 257 g/mol. The maximum atomic E-state index is 12.9. The van der Waals surface area contributed by atoms with Crippen LogP contribution in [0.1, 0.15) is 4.88 Å². The lowest BCUT2D eigenvalue weighted by Gasteiger charge is -2.27. The Morgan fingerprint density at radius 1 is 1.47 bits per heavy atom. The quantitative estimate of drug-likeness (QED) is 0.841. The van der Waals surface area contributed by atoms with Gasteiger partial charge in [-0.25, -0.2) is 4.79 Å². The molecule has 17 heavy (non-hydrogen) atoms. The average Bonchev–Trinajstić information content (AvgIpc) is 2.78. The standard InChI is InChI=1S/C11H12FNO3S/c12-9(11(14)15)7-8-1-2-10(17-8)13-3-5-16-6-4-13/h1-2,7H,3-6H2,(H,14,15). The van der Waals surface area contributed by atoms with E-state index in [4.69, 9.17) is 9.84 Å². The molecule has 1 aliphatic rings. The van der Waals surface area contributed by atoms with E-state index >= 15 is 0 Å². The molecule has 1 aromatic rings. The van der Waals surface area contributed by atoms with E-state index in [2.05, 4.69) is 4.90 Å². The first kappa shape index (κ1) is 12.1. The van der Waals surface area contributed by atoms with Crippen molar-refractivity contribution in [2.45, 2.75) is 0 Å². The molecule has 0 atom stereocenters. The Kier molecular flexibility index (Phi) is 3.75. The van der Waals surface area contributed by atoms with Crippen molar-refractivity contribution >= 4 is 28.4 Å². The number of carbonyl (C=O) groups is 1. The van der Waals surface area contributed by atoms with Crippen molar-refractivity contribution in [2.75, 3.05) is 31.2 Å². The number of halogens is 1. The van der Waals surface area contributed by atoms with Crippen molar-refractivity contribution in [3.63, 3.8) is 0 Å². The molecule has 1 aliphatic heterocycles. The zero-order chi connectivity index (χ0) is 12.3. The number of morpholine rings is 1. The lowest BCUT2D eigenvalue weighted by atomic mass is 10.4. The molecule has 0 spiro atoms. The van der Waals surface area contributed by atoms with Gasteiger partial charge in [0.2, 0.25) is 5.83 Å². The van der Waals surface area contributed by atoms with Gasteiger partial charge in [-0.05, 0) is 18.2 Å². The molecular weight excluding hydrogens is 245 g/mol. The van der Waals surface area contributed by atoms with E-state index in [-0.39, 0.29) is 0 Å². The Bertz CT molecular complexity index is 438. The molecule has 6 heteroatoms. The van der Waals surface area contributed by atoms with E-state index < -0.39 is 11.8 Å². The van der Waals surface area contributed by atoms with E-state index in [1.807, 2.05) is 6.07 Å². The molecule has 0 saturated carbocycles. The first-order valence-electron chi connectivity index (χ1n) is 5.20. The van der Waals surface area contributed by atoms with E-state index in [9.17, 15) is 9.18 Å². The summed E-state index contributed by atoms with van der Waals surface area (Å²) in [6.45, 7) is 3.00. The van der Waals surface area contributed by atoms with Crippen molar-refractivity contribution in [2.24, 2.45) is 0 Å². The van der Waals surface area contributed by atoms with Crippen LogP contribution < -0.4 is 4.90 Å². The highest BCUT2D eigenvalue weighted by Crippen LogP contribution is 2.28. The summed E-state index contributed by atoms with van der Waals surface area (Å²) in [5.74, 6) is -2.67. The number of hydrogen-bond donors (Lipinski definition) is 1. The van der Waals surface area contributed by atoms with E-state index in [1.54, 1.807) is 6.07 Å². The lowest BCUT2D eigenvalue weighted by molar-refractivity contribution is -0.134. The molecule has 0 unspecified atom stereocenters. The predicted octanol–water partition coefficient (Wildman–Crippen LogP) is 1.98. The molecular formula is C11H12FNO3S. The minimum atomic E-state index is -1.54. The molecule has 1 aromatic heterocycles. The molecule has 0 bridgehead atoms. The van der Waals surface area contributed by atoms with Crippen LogP contribution in [0.25, 0.3) is 6.08 Å². The van der Waals surface area contributed by atoms with Gasteiger partial charge in [-0.2, -0.15) is 4.39 Å². The first-order valence-corrected chi connectivity index (χ1v) is 6.01. The third-order valence-corrected chi connectivity index (χ3v) is 3.50. The highest BCUT2D eigenvalue weighted by Gasteiger charge is 2.13. The minimum Gasteiger partial charge on any atom is -0.476 e. The van der Waals surface area contributed by atoms with Gasteiger partial charge >= 0.3 is 5.97 Å². The van der Waals surface area contributed by atoms with Crippen molar-refractivity contribution in [1.29, 1.82) is 0 Å². The van der Waals surface area contributed by atoms with Crippen LogP contribution in [0.2, 0.25) is 0 Å². The molecule has 1 saturated heterocycles. The van der Waals surface area contributed by atoms with Crippen LogP contribution in [-0.2, 0) is 9.53 Å². The number of carboxylic acids is 1. The van der Waals surface area contributed by atoms with Crippen molar-refractivity contribution in [3.8, 4) is 0 Å². The number of aliphatic carboxylic acids is 1. The molecule has 2 rings (SSSR count). The van der Waals surface area contributed by atoms with Gasteiger partial charge in [-0.15, -0.1) is 11.3 Å².